The van der Waals surface area contributed by atoms with Crippen LogP contribution in [0.25, 0.3) is 0 Å². The molecule has 2 heterocycles. The highest BCUT2D eigenvalue weighted by atomic mass is 16.2. The van der Waals surface area contributed by atoms with E-state index in [2.05, 4.69) is 39.7 Å². The highest BCUT2D eigenvalue weighted by Crippen LogP contribution is 2.24. The number of carbonyl (C=O) groups is 1. The molecule has 0 spiro atoms. The third-order valence-corrected chi connectivity index (χ3v) is 5.09. The molecule has 148 valence electrons. The van der Waals surface area contributed by atoms with E-state index in [9.17, 15) is 4.79 Å². The average Bonchev–Trinajstić information content (AvgIpc) is 3.25. The van der Waals surface area contributed by atoms with Crippen molar-refractivity contribution in [2.75, 3.05) is 16.8 Å². The molecular weight excluding hydrogens is 362 g/mol. The van der Waals surface area contributed by atoms with E-state index in [1.54, 1.807) is 6.20 Å². The van der Waals surface area contributed by atoms with Gasteiger partial charge in [-0.3, -0.25) is 4.79 Å². The number of benzene rings is 2. The van der Waals surface area contributed by atoms with Crippen LogP contribution in [0.2, 0.25) is 0 Å². The number of carbonyl (C=O) groups excluding carboxylic acids is 1. The first kappa shape index (κ1) is 18.9. The monoisotopic (exact) mass is 387 g/mol. The van der Waals surface area contributed by atoms with Crippen molar-refractivity contribution in [1.29, 1.82) is 0 Å². The van der Waals surface area contributed by atoms with Crippen LogP contribution in [0.15, 0.2) is 66.9 Å². The fourth-order valence-electron chi connectivity index (χ4n) is 3.52. The summed E-state index contributed by atoms with van der Waals surface area (Å²) in [6.45, 7) is 3.36. The normalized spacial score (nSPS) is 15.9. The van der Waals surface area contributed by atoms with Crippen molar-refractivity contribution in [3.05, 3.63) is 78.0 Å². The molecule has 1 aliphatic rings. The van der Waals surface area contributed by atoms with Crippen LogP contribution in [-0.2, 0) is 11.3 Å². The number of anilines is 3. The van der Waals surface area contributed by atoms with Crippen molar-refractivity contribution < 1.29 is 4.79 Å². The molecule has 1 aromatic heterocycles. The van der Waals surface area contributed by atoms with Gasteiger partial charge in [0.05, 0.1) is 0 Å². The molecule has 0 radical (unpaired) electrons. The maximum Gasteiger partial charge on any atom is 0.243 e. The number of nitrogens with one attached hydrogen (secondary N) is 2. The van der Waals surface area contributed by atoms with E-state index < -0.39 is 0 Å². The molecule has 1 aliphatic heterocycles. The fraction of sp³-hybridized carbons (Fsp3) is 0.261. The lowest BCUT2D eigenvalue weighted by molar-refractivity contribution is -0.122. The Balaban J connectivity index is 1.44. The van der Waals surface area contributed by atoms with Gasteiger partial charge in [0.15, 0.2) is 0 Å². The Morgan fingerprint density at radius 1 is 1.10 bits per heavy atom. The van der Waals surface area contributed by atoms with Gasteiger partial charge in [0, 0.05) is 25.0 Å². The number of hydrogen-bond acceptors (Lipinski definition) is 5. The van der Waals surface area contributed by atoms with Crippen LogP contribution in [0.4, 0.5) is 17.5 Å². The Morgan fingerprint density at radius 2 is 1.90 bits per heavy atom. The average molecular weight is 387 g/mol. The zero-order valence-corrected chi connectivity index (χ0v) is 16.5. The lowest BCUT2D eigenvalue weighted by Gasteiger charge is -2.24. The van der Waals surface area contributed by atoms with E-state index in [1.165, 1.54) is 5.56 Å². The van der Waals surface area contributed by atoms with E-state index in [1.807, 2.05) is 53.4 Å². The van der Waals surface area contributed by atoms with E-state index in [0.29, 0.717) is 18.3 Å². The highest BCUT2D eigenvalue weighted by Gasteiger charge is 2.32. The molecule has 2 N–H and O–H groups in total. The number of hydrogen-bond donors (Lipinski definition) is 2. The molecule has 6 heteroatoms. The molecule has 1 saturated heterocycles. The van der Waals surface area contributed by atoms with Crippen LogP contribution in [0.1, 0.15) is 24.0 Å². The van der Waals surface area contributed by atoms with Gasteiger partial charge >= 0.3 is 0 Å². The number of amides is 1. The van der Waals surface area contributed by atoms with E-state index in [-0.39, 0.29) is 11.9 Å². The van der Waals surface area contributed by atoms with E-state index in [0.717, 1.165) is 30.6 Å². The van der Waals surface area contributed by atoms with Crippen LogP contribution < -0.4 is 15.5 Å². The van der Waals surface area contributed by atoms with Crippen molar-refractivity contribution >= 4 is 23.4 Å². The lowest BCUT2D eigenvalue weighted by atomic mass is 10.2. The van der Waals surface area contributed by atoms with Gasteiger partial charge in [0.25, 0.3) is 0 Å². The van der Waals surface area contributed by atoms with Crippen LogP contribution in [0.3, 0.4) is 0 Å². The maximum absolute atomic E-state index is 12.8. The maximum atomic E-state index is 12.8. The smallest absolute Gasteiger partial charge is 0.243 e. The molecule has 4 rings (SSSR count). The first-order valence-corrected chi connectivity index (χ1v) is 9.94. The molecule has 1 unspecified atom stereocenters. The summed E-state index contributed by atoms with van der Waals surface area (Å²) in [5.41, 5.74) is 3.27. The van der Waals surface area contributed by atoms with Gasteiger partial charge in [0.1, 0.15) is 11.9 Å². The predicted molar refractivity (Wildman–Crippen MR) is 115 cm³/mol. The SMILES string of the molecule is Cc1ccc(Nc2ccnc(N3CCCC3C(=O)NCc3ccccc3)n2)cc1. The summed E-state index contributed by atoms with van der Waals surface area (Å²) in [4.78, 5) is 23.9. The first-order chi connectivity index (χ1) is 14.2. The van der Waals surface area contributed by atoms with Gasteiger partial charge in [-0.2, -0.15) is 4.98 Å². The largest absolute Gasteiger partial charge is 0.350 e. The Bertz CT molecular complexity index is 959. The van der Waals surface area contributed by atoms with Crippen LogP contribution in [-0.4, -0.2) is 28.5 Å². The quantitative estimate of drug-likeness (QED) is 0.673. The summed E-state index contributed by atoms with van der Waals surface area (Å²) in [6.07, 6.45) is 3.48. The second-order valence-electron chi connectivity index (χ2n) is 7.29. The second kappa shape index (κ2) is 8.73. The number of nitrogens with zero attached hydrogens (tertiary/aromatic N) is 3. The van der Waals surface area contributed by atoms with Crippen molar-refractivity contribution in [2.24, 2.45) is 0 Å². The van der Waals surface area contributed by atoms with Crippen molar-refractivity contribution in [1.82, 2.24) is 15.3 Å². The number of rotatable bonds is 6. The summed E-state index contributed by atoms with van der Waals surface area (Å²) in [7, 11) is 0. The van der Waals surface area contributed by atoms with Crippen LogP contribution >= 0.6 is 0 Å². The Kier molecular flexibility index (Phi) is 5.70. The van der Waals surface area contributed by atoms with Crippen molar-refractivity contribution in [3.8, 4) is 0 Å². The molecule has 2 aromatic carbocycles. The van der Waals surface area contributed by atoms with Crippen molar-refractivity contribution in [2.45, 2.75) is 32.4 Å². The van der Waals surface area contributed by atoms with E-state index in [4.69, 9.17) is 0 Å². The molecule has 0 aliphatic carbocycles. The molecule has 1 atom stereocenters. The van der Waals surface area contributed by atoms with Gasteiger partial charge in [-0.15, -0.1) is 0 Å². The summed E-state index contributed by atoms with van der Waals surface area (Å²) in [5.74, 6) is 1.32. The zero-order chi connectivity index (χ0) is 20.1. The number of aromatic nitrogens is 2. The molecular formula is C23H25N5O. The highest BCUT2D eigenvalue weighted by molar-refractivity contribution is 5.85. The second-order valence-corrected chi connectivity index (χ2v) is 7.29. The zero-order valence-electron chi connectivity index (χ0n) is 16.5. The first-order valence-electron chi connectivity index (χ1n) is 9.94. The van der Waals surface area contributed by atoms with Gasteiger partial charge in [-0.05, 0) is 43.5 Å². The molecule has 0 saturated carbocycles. The molecule has 1 fully saturated rings. The van der Waals surface area contributed by atoms with Crippen molar-refractivity contribution in [3.63, 3.8) is 0 Å². The van der Waals surface area contributed by atoms with Crippen LogP contribution in [0, 0.1) is 6.92 Å². The van der Waals surface area contributed by atoms with Gasteiger partial charge in [0.2, 0.25) is 11.9 Å². The Morgan fingerprint density at radius 3 is 2.69 bits per heavy atom. The fourth-order valence-corrected chi connectivity index (χ4v) is 3.52. The standard InChI is InChI=1S/C23H25N5O/c1-17-9-11-19(12-10-17)26-21-13-14-24-23(27-21)28-15-5-8-20(28)22(29)25-16-18-6-3-2-4-7-18/h2-4,6-7,9-14,20H,5,8,15-16H2,1H3,(H,25,29)(H,24,26,27). The third kappa shape index (κ3) is 4.71. The Labute approximate surface area is 171 Å². The third-order valence-electron chi connectivity index (χ3n) is 5.09. The summed E-state index contributed by atoms with van der Waals surface area (Å²) < 4.78 is 0. The lowest BCUT2D eigenvalue weighted by Crippen LogP contribution is -2.43. The topological polar surface area (TPSA) is 70.2 Å². The van der Waals surface area contributed by atoms with Gasteiger partial charge < -0.3 is 15.5 Å². The van der Waals surface area contributed by atoms with Gasteiger partial charge in [-0.1, -0.05) is 48.0 Å². The minimum atomic E-state index is -0.242. The minimum absolute atomic E-state index is 0.0202. The summed E-state index contributed by atoms with van der Waals surface area (Å²) in [6, 6.07) is 19.7. The predicted octanol–water partition coefficient (Wildman–Crippen LogP) is 3.81. The molecule has 1 amide bonds. The Hall–Kier alpha value is -3.41. The number of aryl methyl sites for hydroxylation is 1. The molecule has 3 aromatic rings. The summed E-state index contributed by atoms with van der Waals surface area (Å²) in [5, 5.41) is 6.36. The molecule has 29 heavy (non-hydrogen) atoms. The summed E-state index contributed by atoms with van der Waals surface area (Å²) >= 11 is 0. The van der Waals surface area contributed by atoms with Gasteiger partial charge in [-0.25, -0.2) is 4.98 Å². The molecule has 6 nitrogen and oxygen atoms in total. The van der Waals surface area contributed by atoms with E-state index >= 15 is 0 Å². The molecule has 0 bridgehead atoms. The minimum Gasteiger partial charge on any atom is -0.350 e. The van der Waals surface area contributed by atoms with Crippen LogP contribution in [0.5, 0.6) is 0 Å².